The van der Waals surface area contributed by atoms with Crippen molar-refractivity contribution in [3.63, 3.8) is 0 Å². The summed E-state index contributed by atoms with van der Waals surface area (Å²) in [7, 11) is 3.13. The lowest BCUT2D eigenvalue weighted by atomic mass is 10.1. The summed E-state index contributed by atoms with van der Waals surface area (Å²) in [6.45, 7) is 1.59. The maximum absolute atomic E-state index is 6.43. The van der Waals surface area contributed by atoms with Crippen LogP contribution < -0.4 is 9.47 Å². The van der Waals surface area contributed by atoms with Crippen LogP contribution in [0.5, 0.6) is 11.5 Å². The fraction of sp³-hybridized carbons (Fsp3) is 0.538. The Labute approximate surface area is 122 Å². The number of ether oxygens (including phenoxy) is 4. The minimum atomic E-state index is -0.396. The highest BCUT2D eigenvalue weighted by molar-refractivity contribution is 6.33. The molecule has 0 radical (unpaired) electrons. The SMILES string of the molecule is COc1cc(Cl)c(C(Cl)C2COCCO2)cc1OC. The van der Waals surface area contributed by atoms with Crippen molar-refractivity contribution in [3.8, 4) is 11.5 Å². The van der Waals surface area contributed by atoms with E-state index >= 15 is 0 Å². The zero-order valence-electron chi connectivity index (χ0n) is 10.8. The second-order valence-corrected chi connectivity index (χ2v) is 4.99. The first-order valence-electron chi connectivity index (χ1n) is 5.92. The van der Waals surface area contributed by atoms with Gasteiger partial charge in [0.2, 0.25) is 0 Å². The second kappa shape index (κ2) is 6.66. The Morgan fingerprint density at radius 3 is 2.47 bits per heavy atom. The van der Waals surface area contributed by atoms with Crippen molar-refractivity contribution in [3.05, 3.63) is 22.7 Å². The molecule has 1 heterocycles. The minimum absolute atomic E-state index is 0.217. The summed E-state index contributed by atoms with van der Waals surface area (Å²) >= 11 is 12.7. The van der Waals surface area contributed by atoms with Crippen molar-refractivity contribution in [1.82, 2.24) is 0 Å². The van der Waals surface area contributed by atoms with E-state index in [0.717, 1.165) is 5.56 Å². The van der Waals surface area contributed by atoms with Crippen LogP contribution in [-0.4, -0.2) is 40.1 Å². The summed E-state index contributed by atoms with van der Waals surface area (Å²) in [5.74, 6) is 1.16. The van der Waals surface area contributed by atoms with E-state index in [-0.39, 0.29) is 6.10 Å². The molecule has 1 aromatic rings. The highest BCUT2D eigenvalue weighted by Gasteiger charge is 2.27. The first kappa shape index (κ1) is 14.7. The molecular formula is C13H16Cl2O4. The second-order valence-electron chi connectivity index (χ2n) is 4.11. The molecule has 1 aliphatic rings. The molecule has 19 heavy (non-hydrogen) atoms. The topological polar surface area (TPSA) is 36.9 Å². The van der Waals surface area contributed by atoms with Gasteiger partial charge in [0.1, 0.15) is 6.10 Å². The fourth-order valence-electron chi connectivity index (χ4n) is 1.96. The highest BCUT2D eigenvalue weighted by atomic mass is 35.5. The third kappa shape index (κ3) is 3.26. The molecule has 0 spiro atoms. The van der Waals surface area contributed by atoms with Gasteiger partial charge in [-0.2, -0.15) is 0 Å². The Morgan fingerprint density at radius 2 is 1.89 bits per heavy atom. The number of halogens is 2. The number of alkyl halides is 1. The van der Waals surface area contributed by atoms with Crippen molar-refractivity contribution in [2.45, 2.75) is 11.5 Å². The highest BCUT2D eigenvalue weighted by Crippen LogP contribution is 2.39. The fourth-order valence-corrected chi connectivity index (χ4v) is 2.61. The number of benzene rings is 1. The van der Waals surface area contributed by atoms with Gasteiger partial charge in [-0.05, 0) is 11.6 Å². The molecule has 0 N–H and O–H groups in total. The summed E-state index contributed by atoms with van der Waals surface area (Å²) in [5, 5.41) is 0.124. The zero-order valence-corrected chi connectivity index (χ0v) is 12.3. The van der Waals surface area contributed by atoms with E-state index < -0.39 is 5.38 Å². The van der Waals surface area contributed by atoms with Gasteiger partial charge >= 0.3 is 0 Å². The molecule has 1 saturated heterocycles. The standard InChI is InChI=1S/C13H16Cl2O4/c1-16-10-5-8(9(14)6-11(10)17-2)13(15)12-7-18-3-4-19-12/h5-6,12-13H,3-4,7H2,1-2H3. The summed E-state index contributed by atoms with van der Waals surface area (Å²) < 4.78 is 21.4. The average Bonchev–Trinajstić information content (AvgIpc) is 2.47. The minimum Gasteiger partial charge on any atom is -0.493 e. The van der Waals surface area contributed by atoms with Gasteiger partial charge in [0.25, 0.3) is 0 Å². The van der Waals surface area contributed by atoms with Gasteiger partial charge < -0.3 is 18.9 Å². The van der Waals surface area contributed by atoms with Gasteiger partial charge in [-0.3, -0.25) is 0 Å². The van der Waals surface area contributed by atoms with Gasteiger partial charge in [-0.25, -0.2) is 0 Å². The first-order valence-corrected chi connectivity index (χ1v) is 6.73. The Morgan fingerprint density at radius 1 is 1.21 bits per heavy atom. The lowest BCUT2D eigenvalue weighted by Gasteiger charge is -2.27. The maximum atomic E-state index is 6.43. The van der Waals surface area contributed by atoms with E-state index in [1.165, 1.54) is 0 Å². The molecule has 2 rings (SSSR count). The van der Waals surface area contributed by atoms with Gasteiger partial charge in [0.15, 0.2) is 11.5 Å². The quantitative estimate of drug-likeness (QED) is 0.801. The van der Waals surface area contributed by atoms with Gasteiger partial charge in [0.05, 0.1) is 39.4 Å². The molecule has 6 heteroatoms. The molecule has 1 fully saturated rings. The van der Waals surface area contributed by atoms with E-state index in [1.54, 1.807) is 26.4 Å². The van der Waals surface area contributed by atoms with Crippen molar-refractivity contribution in [2.24, 2.45) is 0 Å². The third-order valence-electron chi connectivity index (χ3n) is 2.97. The summed E-state index contributed by atoms with van der Waals surface area (Å²) in [6.07, 6.45) is -0.217. The molecule has 0 aliphatic carbocycles. The van der Waals surface area contributed by atoms with Crippen LogP contribution in [0.25, 0.3) is 0 Å². The molecule has 0 saturated carbocycles. The van der Waals surface area contributed by atoms with Crippen molar-refractivity contribution in [2.75, 3.05) is 34.0 Å². The van der Waals surface area contributed by atoms with E-state index in [0.29, 0.717) is 36.3 Å². The Kier molecular flexibility index (Phi) is 5.16. The van der Waals surface area contributed by atoms with Crippen LogP contribution in [0.4, 0.5) is 0 Å². The van der Waals surface area contributed by atoms with E-state index in [9.17, 15) is 0 Å². The zero-order chi connectivity index (χ0) is 13.8. The molecular weight excluding hydrogens is 291 g/mol. The third-order valence-corrected chi connectivity index (χ3v) is 3.81. The van der Waals surface area contributed by atoms with Crippen LogP contribution in [0.1, 0.15) is 10.9 Å². The van der Waals surface area contributed by atoms with Gasteiger partial charge in [0, 0.05) is 11.1 Å². The molecule has 1 aliphatic heterocycles. The van der Waals surface area contributed by atoms with Crippen molar-refractivity contribution < 1.29 is 18.9 Å². The molecule has 0 bridgehead atoms. The Balaban J connectivity index is 2.27. The molecule has 0 aromatic heterocycles. The molecule has 1 aromatic carbocycles. The smallest absolute Gasteiger partial charge is 0.162 e. The number of hydrogen-bond donors (Lipinski definition) is 0. The Bertz CT molecular complexity index is 433. The monoisotopic (exact) mass is 306 g/mol. The average molecular weight is 307 g/mol. The van der Waals surface area contributed by atoms with Gasteiger partial charge in [-0.1, -0.05) is 11.6 Å². The van der Waals surface area contributed by atoms with Crippen molar-refractivity contribution >= 4 is 23.2 Å². The van der Waals surface area contributed by atoms with Crippen LogP contribution in [-0.2, 0) is 9.47 Å². The lowest BCUT2D eigenvalue weighted by Crippen LogP contribution is -2.32. The largest absolute Gasteiger partial charge is 0.493 e. The van der Waals surface area contributed by atoms with Crippen LogP contribution in [0, 0.1) is 0 Å². The molecule has 4 nitrogen and oxygen atoms in total. The lowest BCUT2D eigenvalue weighted by molar-refractivity contribution is -0.0892. The van der Waals surface area contributed by atoms with Gasteiger partial charge in [-0.15, -0.1) is 11.6 Å². The van der Waals surface area contributed by atoms with Crippen LogP contribution in [0.15, 0.2) is 12.1 Å². The van der Waals surface area contributed by atoms with Crippen LogP contribution in [0.3, 0.4) is 0 Å². The number of rotatable bonds is 4. The van der Waals surface area contributed by atoms with E-state index in [2.05, 4.69) is 0 Å². The summed E-state index contributed by atoms with van der Waals surface area (Å²) in [5.41, 5.74) is 0.747. The van der Waals surface area contributed by atoms with Crippen molar-refractivity contribution in [1.29, 1.82) is 0 Å². The predicted octanol–water partition coefficient (Wildman–Crippen LogP) is 3.05. The van der Waals surface area contributed by atoms with Crippen LogP contribution in [0.2, 0.25) is 5.02 Å². The van der Waals surface area contributed by atoms with E-state index in [1.807, 2.05) is 0 Å². The molecule has 2 atom stereocenters. The molecule has 0 amide bonds. The molecule has 106 valence electrons. The maximum Gasteiger partial charge on any atom is 0.162 e. The Hall–Kier alpha value is -0.680. The first-order chi connectivity index (χ1) is 9.17. The van der Waals surface area contributed by atoms with E-state index in [4.69, 9.17) is 42.1 Å². The number of hydrogen-bond acceptors (Lipinski definition) is 4. The summed E-state index contributed by atoms with van der Waals surface area (Å²) in [4.78, 5) is 0. The number of methoxy groups -OCH3 is 2. The predicted molar refractivity (Wildman–Crippen MR) is 73.7 cm³/mol. The molecule has 2 unspecified atom stereocenters. The summed E-state index contributed by atoms with van der Waals surface area (Å²) in [6, 6.07) is 3.46. The van der Waals surface area contributed by atoms with Crippen LogP contribution >= 0.6 is 23.2 Å². The normalized spacial score (nSPS) is 20.9.